The number of ether oxygens (including phenoxy) is 2. The second kappa shape index (κ2) is 11.4. The van der Waals surface area contributed by atoms with Gasteiger partial charge in [-0.1, -0.05) is 60.7 Å². The number of para-hydroxylation sites is 3. The molecule has 0 spiro atoms. The smallest absolute Gasteiger partial charge is 0.272 e. The predicted molar refractivity (Wildman–Crippen MR) is 140 cm³/mol. The fourth-order valence-corrected chi connectivity index (χ4v) is 3.93. The number of hydrogen-bond acceptors (Lipinski definition) is 6. The highest BCUT2D eigenvalue weighted by Crippen LogP contribution is 2.27. The van der Waals surface area contributed by atoms with Gasteiger partial charge in [0.25, 0.3) is 11.8 Å². The number of benzodiazepines with no additional fused rings is 1. The number of hydrogen-bond donors (Lipinski definition) is 2. The average molecular weight is 501 g/mol. The van der Waals surface area contributed by atoms with E-state index in [1.165, 1.54) is 18.9 Å². The summed E-state index contributed by atoms with van der Waals surface area (Å²) in [7, 11) is 3.15. The van der Waals surface area contributed by atoms with E-state index in [1.54, 1.807) is 31.3 Å². The monoisotopic (exact) mass is 500 g/mol. The van der Waals surface area contributed by atoms with Gasteiger partial charge in [-0.2, -0.15) is 0 Å². The molecule has 0 bridgehead atoms. The van der Waals surface area contributed by atoms with E-state index in [4.69, 9.17) is 9.47 Å². The average Bonchev–Trinajstić information content (AvgIpc) is 3.03. The summed E-state index contributed by atoms with van der Waals surface area (Å²) in [6, 6.07) is 22.9. The number of nitrogens with one attached hydrogen (secondary N) is 2. The van der Waals surface area contributed by atoms with Gasteiger partial charge < -0.3 is 25.0 Å². The van der Waals surface area contributed by atoms with Crippen LogP contribution in [-0.2, 0) is 14.4 Å². The van der Waals surface area contributed by atoms with E-state index in [0.29, 0.717) is 22.9 Å². The summed E-state index contributed by atoms with van der Waals surface area (Å²) in [6.45, 7) is 1.21. The summed E-state index contributed by atoms with van der Waals surface area (Å²) in [5.41, 5.74) is 2.85. The molecule has 37 heavy (non-hydrogen) atoms. The molecule has 1 heterocycles. The van der Waals surface area contributed by atoms with Crippen LogP contribution in [0.1, 0.15) is 18.1 Å². The molecule has 2 atom stereocenters. The van der Waals surface area contributed by atoms with Crippen molar-refractivity contribution >= 4 is 29.1 Å². The van der Waals surface area contributed by atoms with Gasteiger partial charge in [0.05, 0.1) is 18.5 Å². The van der Waals surface area contributed by atoms with Gasteiger partial charge in [-0.15, -0.1) is 0 Å². The van der Waals surface area contributed by atoms with Crippen molar-refractivity contribution in [2.75, 3.05) is 25.7 Å². The Bertz CT molecular complexity index is 1320. The summed E-state index contributed by atoms with van der Waals surface area (Å²) >= 11 is 0. The Morgan fingerprint density at radius 3 is 2.35 bits per heavy atom. The van der Waals surface area contributed by atoms with Crippen molar-refractivity contribution in [2.24, 2.45) is 4.99 Å². The molecule has 190 valence electrons. The number of nitrogens with zero attached hydrogens (tertiary/aromatic N) is 2. The molecule has 4 rings (SSSR count). The van der Waals surface area contributed by atoms with Crippen LogP contribution in [0.4, 0.5) is 5.69 Å². The van der Waals surface area contributed by atoms with Crippen LogP contribution in [0, 0.1) is 0 Å². The molecule has 0 aromatic heterocycles. The second-order valence-electron chi connectivity index (χ2n) is 8.40. The number of anilines is 1. The van der Waals surface area contributed by atoms with Crippen molar-refractivity contribution < 1.29 is 23.9 Å². The van der Waals surface area contributed by atoms with Crippen LogP contribution in [0.5, 0.6) is 11.5 Å². The van der Waals surface area contributed by atoms with Crippen molar-refractivity contribution in [3.8, 4) is 11.5 Å². The van der Waals surface area contributed by atoms with Crippen LogP contribution in [-0.4, -0.2) is 56.4 Å². The van der Waals surface area contributed by atoms with Gasteiger partial charge in [-0.25, -0.2) is 4.99 Å². The molecule has 3 aromatic rings. The van der Waals surface area contributed by atoms with Gasteiger partial charge in [0.2, 0.25) is 12.1 Å². The molecule has 0 fully saturated rings. The van der Waals surface area contributed by atoms with Crippen molar-refractivity contribution in [1.29, 1.82) is 0 Å². The Kier molecular flexibility index (Phi) is 7.83. The van der Waals surface area contributed by atoms with Crippen LogP contribution in [0.25, 0.3) is 0 Å². The van der Waals surface area contributed by atoms with Gasteiger partial charge in [0, 0.05) is 18.2 Å². The zero-order valence-electron chi connectivity index (χ0n) is 20.8. The first kappa shape index (κ1) is 25.4. The maximum atomic E-state index is 13.3. The largest absolute Gasteiger partial charge is 0.493 e. The molecule has 0 saturated carbocycles. The first-order chi connectivity index (χ1) is 17.9. The second-order valence-corrected chi connectivity index (χ2v) is 8.40. The van der Waals surface area contributed by atoms with E-state index in [9.17, 15) is 14.4 Å². The van der Waals surface area contributed by atoms with Gasteiger partial charge >= 0.3 is 0 Å². The van der Waals surface area contributed by atoms with Crippen LogP contribution in [0.3, 0.4) is 0 Å². The van der Waals surface area contributed by atoms with E-state index < -0.39 is 29.9 Å². The maximum Gasteiger partial charge on any atom is 0.272 e. The number of benzene rings is 3. The number of methoxy groups -OCH3 is 1. The van der Waals surface area contributed by atoms with Gasteiger partial charge in [0.1, 0.15) is 6.04 Å². The number of carbonyl (C=O) groups is 3. The molecule has 0 radical (unpaired) electrons. The molecule has 3 amide bonds. The fourth-order valence-electron chi connectivity index (χ4n) is 3.93. The van der Waals surface area contributed by atoms with Crippen LogP contribution in [0.15, 0.2) is 83.9 Å². The Labute approximate surface area is 215 Å². The Hall–Kier alpha value is -4.66. The molecule has 1 aliphatic rings. The zero-order chi connectivity index (χ0) is 26.4. The minimum Gasteiger partial charge on any atom is -0.493 e. The SMILES string of the molecule is COc1ccccc1OCC(=O)N[C@@H](C)C(=O)N[C@H]1N=C(c2ccccc2)c2ccccc2N(C)C1=O. The molecule has 9 heteroatoms. The van der Waals surface area contributed by atoms with E-state index >= 15 is 0 Å². The lowest BCUT2D eigenvalue weighted by Gasteiger charge is -2.22. The Morgan fingerprint density at radius 2 is 1.62 bits per heavy atom. The number of aliphatic imine (C=N–C) groups is 1. The van der Waals surface area contributed by atoms with Gasteiger partial charge in [-0.3, -0.25) is 14.4 Å². The fraction of sp³-hybridized carbons (Fsp3) is 0.214. The minimum atomic E-state index is -1.18. The molecular weight excluding hydrogens is 472 g/mol. The van der Waals surface area contributed by atoms with Crippen molar-refractivity contribution in [1.82, 2.24) is 10.6 Å². The summed E-state index contributed by atoms with van der Waals surface area (Å²) in [6.07, 6.45) is -1.18. The van der Waals surface area contributed by atoms with E-state index in [1.807, 2.05) is 54.6 Å². The van der Waals surface area contributed by atoms with E-state index in [-0.39, 0.29) is 6.61 Å². The molecule has 2 N–H and O–H groups in total. The third-order valence-corrected chi connectivity index (χ3v) is 5.87. The standard InChI is InChI=1S/C28H28N4O5/c1-18(29-24(33)17-37-23-16-10-9-15-22(23)36-3)27(34)31-26-28(35)32(2)21-14-8-7-13-20(21)25(30-26)19-11-5-4-6-12-19/h4-16,18,26H,17H2,1-3H3,(H,29,33)(H,31,34)/t18-,26+/m0/s1. The topological polar surface area (TPSA) is 109 Å². The summed E-state index contributed by atoms with van der Waals surface area (Å²) in [5.74, 6) is -0.556. The van der Waals surface area contributed by atoms with Crippen molar-refractivity contribution in [2.45, 2.75) is 19.1 Å². The summed E-state index contributed by atoms with van der Waals surface area (Å²) in [4.78, 5) is 44.8. The number of likely N-dealkylation sites (N-methyl/N-ethyl adjacent to an activating group) is 1. The van der Waals surface area contributed by atoms with Crippen molar-refractivity contribution in [3.05, 3.63) is 90.0 Å². The zero-order valence-corrected chi connectivity index (χ0v) is 20.8. The normalized spacial score (nSPS) is 15.5. The summed E-state index contributed by atoms with van der Waals surface area (Å²) in [5, 5.41) is 5.27. The molecular formula is C28H28N4O5. The Morgan fingerprint density at radius 1 is 0.973 bits per heavy atom. The number of amides is 3. The van der Waals surface area contributed by atoms with Crippen molar-refractivity contribution in [3.63, 3.8) is 0 Å². The third-order valence-electron chi connectivity index (χ3n) is 5.87. The van der Waals surface area contributed by atoms with E-state index in [2.05, 4.69) is 15.6 Å². The summed E-state index contributed by atoms with van der Waals surface area (Å²) < 4.78 is 10.7. The molecule has 0 aliphatic carbocycles. The van der Waals surface area contributed by atoms with Crippen LogP contribution in [0.2, 0.25) is 0 Å². The van der Waals surface area contributed by atoms with Gasteiger partial charge in [0.15, 0.2) is 18.1 Å². The van der Waals surface area contributed by atoms with Gasteiger partial charge in [-0.05, 0) is 25.1 Å². The quantitative estimate of drug-likeness (QED) is 0.494. The van der Waals surface area contributed by atoms with Crippen LogP contribution < -0.4 is 25.0 Å². The first-order valence-corrected chi connectivity index (χ1v) is 11.7. The highest BCUT2D eigenvalue weighted by molar-refractivity contribution is 6.20. The maximum absolute atomic E-state index is 13.3. The molecule has 9 nitrogen and oxygen atoms in total. The number of fused-ring (bicyclic) bond motifs is 1. The van der Waals surface area contributed by atoms with E-state index in [0.717, 1.165) is 11.1 Å². The molecule has 1 aliphatic heterocycles. The third kappa shape index (κ3) is 5.78. The molecule has 0 saturated heterocycles. The molecule has 0 unspecified atom stereocenters. The lowest BCUT2D eigenvalue weighted by Crippen LogP contribution is -2.52. The number of carbonyl (C=O) groups excluding carboxylic acids is 3. The lowest BCUT2D eigenvalue weighted by atomic mass is 10.0. The first-order valence-electron chi connectivity index (χ1n) is 11.7. The highest BCUT2D eigenvalue weighted by atomic mass is 16.5. The highest BCUT2D eigenvalue weighted by Gasteiger charge is 2.32. The Balaban J connectivity index is 1.48. The predicted octanol–water partition coefficient (Wildman–Crippen LogP) is 2.54. The number of rotatable bonds is 8. The minimum absolute atomic E-state index is 0.311. The van der Waals surface area contributed by atoms with Crippen LogP contribution >= 0.6 is 0 Å². The molecule has 3 aromatic carbocycles. The lowest BCUT2D eigenvalue weighted by molar-refractivity contribution is -0.131.